The van der Waals surface area contributed by atoms with Crippen molar-refractivity contribution in [2.24, 2.45) is 5.14 Å². The molecule has 1 aromatic rings. The molecule has 0 aromatic heterocycles. The first-order valence-corrected chi connectivity index (χ1v) is 8.93. The number of primary sulfonamides is 1. The average molecular weight is 335 g/mol. The Hall–Kier alpha value is -0.510. The molecule has 1 aromatic carbocycles. The zero-order valence-electron chi connectivity index (χ0n) is 10.6. The molecule has 0 unspecified atom stereocenters. The van der Waals surface area contributed by atoms with Crippen molar-refractivity contribution in [1.82, 2.24) is 10.0 Å². The normalized spacial score (nSPS) is 21.3. The van der Waals surface area contributed by atoms with Crippen molar-refractivity contribution in [3.8, 4) is 0 Å². The Bertz CT molecular complexity index is 644. The van der Waals surface area contributed by atoms with Crippen molar-refractivity contribution in [2.45, 2.75) is 28.3 Å². The monoisotopic (exact) mass is 334 g/mol. The fourth-order valence-corrected chi connectivity index (χ4v) is 4.58. The van der Waals surface area contributed by atoms with E-state index >= 15 is 0 Å². The molecule has 2 heterocycles. The van der Waals surface area contributed by atoms with Gasteiger partial charge >= 0.3 is 0 Å². The van der Waals surface area contributed by atoms with Gasteiger partial charge in [-0.3, -0.25) is 0 Å². The minimum absolute atomic E-state index is 0.0460. The van der Waals surface area contributed by atoms with Crippen molar-refractivity contribution < 1.29 is 8.42 Å². The first-order chi connectivity index (χ1) is 9.40. The predicted molar refractivity (Wildman–Crippen MR) is 80.3 cm³/mol. The second kappa shape index (κ2) is 5.04. The summed E-state index contributed by atoms with van der Waals surface area (Å²) in [6.07, 6.45) is 1.88. The van der Waals surface area contributed by atoms with Gasteiger partial charge in [0.1, 0.15) is 4.90 Å². The number of nitrogens with two attached hydrogens (primary N) is 1. The molecule has 2 aliphatic rings. The molecule has 6 nitrogen and oxygen atoms in total. The summed E-state index contributed by atoms with van der Waals surface area (Å²) in [4.78, 5) is 0.734. The molecule has 0 bridgehead atoms. The Morgan fingerprint density at radius 1 is 1.30 bits per heavy atom. The maximum atomic E-state index is 11.5. The van der Waals surface area contributed by atoms with Crippen molar-refractivity contribution in [3.63, 3.8) is 0 Å². The molecule has 3 rings (SSSR count). The highest BCUT2D eigenvalue weighted by Crippen LogP contribution is 2.40. The number of fused-ring (bicyclic) bond motifs is 1. The molecule has 0 aliphatic carbocycles. The van der Waals surface area contributed by atoms with E-state index in [1.165, 1.54) is 18.0 Å². The van der Waals surface area contributed by atoms with Crippen LogP contribution in [0.1, 0.15) is 12.8 Å². The molecule has 0 amide bonds. The standard InChI is InChI=1S/C11H15ClN4O2S2/c12-7-5-8-9(6-10(7)20(13,17)18)19-16-11(15-8)1-3-14-4-2-11/h5-6,14-16H,1-4H2,(H2,13,17,18). The minimum Gasteiger partial charge on any atom is -0.365 e. The average Bonchev–Trinajstić information content (AvgIpc) is 2.37. The number of sulfonamides is 1. The summed E-state index contributed by atoms with van der Waals surface area (Å²) in [6, 6.07) is 3.14. The van der Waals surface area contributed by atoms with Crippen molar-refractivity contribution in [3.05, 3.63) is 17.2 Å². The topological polar surface area (TPSA) is 96.2 Å². The van der Waals surface area contributed by atoms with Gasteiger partial charge in [-0.15, -0.1) is 0 Å². The quantitative estimate of drug-likeness (QED) is 0.574. The summed E-state index contributed by atoms with van der Waals surface area (Å²) in [5, 5.41) is 12.0. The summed E-state index contributed by atoms with van der Waals surface area (Å²) < 4.78 is 26.3. The summed E-state index contributed by atoms with van der Waals surface area (Å²) in [7, 11) is -3.81. The number of rotatable bonds is 1. The molecule has 5 N–H and O–H groups in total. The number of anilines is 1. The van der Waals surface area contributed by atoms with E-state index in [0.29, 0.717) is 0 Å². The minimum atomic E-state index is -3.81. The van der Waals surface area contributed by atoms with Gasteiger partial charge in [0.15, 0.2) is 0 Å². The first kappa shape index (κ1) is 14.4. The van der Waals surface area contributed by atoms with Crippen LogP contribution < -0.4 is 20.5 Å². The molecule has 20 heavy (non-hydrogen) atoms. The molecular formula is C11H15ClN4O2S2. The van der Waals surface area contributed by atoms with E-state index in [0.717, 1.165) is 36.5 Å². The molecule has 0 saturated carbocycles. The Balaban J connectivity index is 1.97. The highest BCUT2D eigenvalue weighted by atomic mass is 35.5. The van der Waals surface area contributed by atoms with Gasteiger partial charge in [-0.05, 0) is 50.0 Å². The zero-order valence-corrected chi connectivity index (χ0v) is 13.0. The van der Waals surface area contributed by atoms with Crippen LogP contribution >= 0.6 is 23.5 Å². The summed E-state index contributed by atoms with van der Waals surface area (Å²) in [5.74, 6) is 0. The lowest BCUT2D eigenvalue weighted by Crippen LogP contribution is -2.56. The third kappa shape index (κ3) is 2.63. The maximum absolute atomic E-state index is 11.5. The third-order valence-electron chi connectivity index (χ3n) is 3.53. The number of halogens is 1. The first-order valence-electron chi connectivity index (χ1n) is 6.19. The van der Waals surface area contributed by atoms with E-state index in [1.54, 1.807) is 6.07 Å². The van der Waals surface area contributed by atoms with Gasteiger partial charge in [-0.1, -0.05) is 11.6 Å². The molecular weight excluding hydrogens is 320 g/mol. The Labute approximate surface area is 127 Å². The van der Waals surface area contributed by atoms with Gasteiger partial charge in [0, 0.05) is 4.90 Å². The molecule has 1 fully saturated rings. The lowest BCUT2D eigenvalue weighted by molar-refractivity contribution is 0.324. The summed E-state index contributed by atoms with van der Waals surface area (Å²) in [5.41, 5.74) is 0.670. The number of hydrogen-bond donors (Lipinski definition) is 4. The van der Waals surface area contributed by atoms with E-state index in [-0.39, 0.29) is 15.6 Å². The molecule has 0 radical (unpaired) electrons. The second-order valence-electron chi connectivity index (χ2n) is 4.99. The molecule has 1 saturated heterocycles. The fraction of sp³-hybridized carbons (Fsp3) is 0.455. The third-order valence-corrected chi connectivity index (χ3v) is 5.95. The highest BCUT2D eigenvalue weighted by Gasteiger charge is 2.36. The molecule has 0 atom stereocenters. The number of piperidine rings is 1. The summed E-state index contributed by atoms with van der Waals surface area (Å²) in [6.45, 7) is 1.86. The van der Waals surface area contributed by atoms with Gasteiger partial charge < -0.3 is 10.6 Å². The molecule has 110 valence electrons. The second-order valence-corrected chi connectivity index (χ2v) is 7.77. The smallest absolute Gasteiger partial charge is 0.239 e. The van der Waals surface area contributed by atoms with Crippen LogP contribution in [0, 0.1) is 0 Å². The van der Waals surface area contributed by atoms with Gasteiger partial charge in [0.05, 0.1) is 16.4 Å². The van der Waals surface area contributed by atoms with Gasteiger partial charge in [-0.2, -0.15) is 0 Å². The van der Waals surface area contributed by atoms with Gasteiger partial charge in [-0.25, -0.2) is 18.3 Å². The van der Waals surface area contributed by atoms with Gasteiger partial charge in [0.2, 0.25) is 10.0 Å². The molecule has 2 aliphatic heterocycles. The van der Waals surface area contributed by atoms with E-state index < -0.39 is 10.0 Å². The van der Waals surface area contributed by atoms with Crippen molar-refractivity contribution >= 4 is 39.3 Å². The Morgan fingerprint density at radius 3 is 2.65 bits per heavy atom. The summed E-state index contributed by atoms with van der Waals surface area (Å²) >= 11 is 7.45. The molecule has 1 spiro atoms. The Morgan fingerprint density at radius 2 is 2.00 bits per heavy atom. The SMILES string of the molecule is NS(=O)(=O)c1cc2c(cc1Cl)NC1(CCNCC1)NS2. The van der Waals surface area contributed by atoms with Crippen LogP contribution in [-0.2, 0) is 10.0 Å². The van der Waals surface area contributed by atoms with Gasteiger partial charge in [0.25, 0.3) is 0 Å². The van der Waals surface area contributed by atoms with E-state index in [9.17, 15) is 8.42 Å². The Kier molecular flexibility index (Phi) is 3.64. The van der Waals surface area contributed by atoms with Crippen molar-refractivity contribution in [2.75, 3.05) is 18.4 Å². The predicted octanol–water partition coefficient (Wildman–Crippen LogP) is 1.09. The van der Waals surface area contributed by atoms with Crippen molar-refractivity contribution in [1.29, 1.82) is 0 Å². The zero-order chi connectivity index (χ0) is 14.4. The number of benzene rings is 1. The van der Waals surface area contributed by atoms with Crippen LogP contribution in [0.25, 0.3) is 0 Å². The van der Waals surface area contributed by atoms with E-state index in [2.05, 4.69) is 15.4 Å². The number of nitrogens with one attached hydrogen (secondary N) is 3. The lowest BCUT2D eigenvalue weighted by Gasteiger charge is -2.43. The molecule has 9 heteroatoms. The van der Waals surface area contributed by atoms with Crippen LogP contribution in [0.15, 0.2) is 21.9 Å². The van der Waals surface area contributed by atoms with Crippen LogP contribution in [0.5, 0.6) is 0 Å². The maximum Gasteiger partial charge on any atom is 0.239 e. The van der Waals surface area contributed by atoms with Crippen LogP contribution in [-0.4, -0.2) is 27.2 Å². The largest absolute Gasteiger partial charge is 0.365 e. The van der Waals surface area contributed by atoms with E-state index in [4.69, 9.17) is 16.7 Å². The fourth-order valence-electron chi connectivity index (χ4n) is 2.45. The van der Waals surface area contributed by atoms with Crippen LogP contribution in [0.4, 0.5) is 5.69 Å². The van der Waals surface area contributed by atoms with Crippen LogP contribution in [0.2, 0.25) is 5.02 Å². The van der Waals surface area contributed by atoms with E-state index in [1.807, 2.05) is 0 Å². The van der Waals surface area contributed by atoms with Crippen LogP contribution in [0.3, 0.4) is 0 Å². The number of hydrogen-bond acceptors (Lipinski definition) is 6. The highest BCUT2D eigenvalue weighted by molar-refractivity contribution is 7.97. The lowest BCUT2D eigenvalue weighted by atomic mass is 9.98.